The molecule has 1 aliphatic carbocycles. The highest BCUT2D eigenvalue weighted by atomic mass is 35.5. The van der Waals surface area contributed by atoms with Gasteiger partial charge in [-0.3, -0.25) is 0 Å². The largest absolute Gasteiger partial charge is 0.385 e. The monoisotopic (exact) mass is 246 g/mol. The summed E-state index contributed by atoms with van der Waals surface area (Å²) in [6.07, 6.45) is 10.5. The van der Waals surface area contributed by atoms with Crippen molar-refractivity contribution in [1.82, 2.24) is 0 Å². The molecule has 2 heteroatoms. The van der Waals surface area contributed by atoms with E-state index in [1.165, 1.54) is 51.4 Å². The quantitative estimate of drug-likeness (QED) is 0.470. The molecule has 0 radical (unpaired) electrons. The fraction of sp³-hybridized carbons (Fsp3) is 1.00. The molecule has 0 saturated heterocycles. The molecule has 96 valence electrons. The Morgan fingerprint density at radius 1 is 1.19 bits per heavy atom. The van der Waals surface area contributed by atoms with Crippen LogP contribution in [-0.2, 0) is 4.74 Å². The molecule has 3 unspecified atom stereocenters. The van der Waals surface area contributed by atoms with Crippen molar-refractivity contribution in [1.29, 1.82) is 0 Å². The van der Waals surface area contributed by atoms with Crippen LogP contribution in [0, 0.1) is 11.8 Å². The van der Waals surface area contributed by atoms with Crippen molar-refractivity contribution < 1.29 is 4.74 Å². The lowest BCUT2D eigenvalue weighted by molar-refractivity contribution is 0.184. The lowest BCUT2D eigenvalue weighted by atomic mass is 9.77. The standard InChI is InChI=1S/C14H27ClO/c1-3-6-12-8-9-14(15)13(11-12)7-4-5-10-16-2/h12-14H,3-11H2,1-2H3. The molecule has 0 aliphatic heterocycles. The predicted molar refractivity (Wildman–Crippen MR) is 71.1 cm³/mol. The van der Waals surface area contributed by atoms with E-state index in [1.54, 1.807) is 7.11 Å². The molecule has 0 spiro atoms. The van der Waals surface area contributed by atoms with Crippen molar-refractivity contribution in [3.05, 3.63) is 0 Å². The van der Waals surface area contributed by atoms with Crippen molar-refractivity contribution in [2.45, 2.75) is 63.7 Å². The molecule has 0 aromatic heterocycles. The van der Waals surface area contributed by atoms with Crippen LogP contribution in [0.1, 0.15) is 58.3 Å². The van der Waals surface area contributed by atoms with E-state index < -0.39 is 0 Å². The minimum atomic E-state index is 0.440. The Bertz CT molecular complexity index is 172. The van der Waals surface area contributed by atoms with Gasteiger partial charge in [0, 0.05) is 19.1 Å². The maximum absolute atomic E-state index is 6.43. The number of unbranched alkanes of at least 4 members (excludes halogenated alkanes) is 1. The number of halogens is 1. The van der Waals surface area contributed by atoms with Gasteiger partial charge in [-0.15, -0.1) is 11.6 Å². The summed E-state index contributed by atoms with van der Waals surface area (Å²) in [5, 5.41) is 0.440. The highest BCUT2D eigenvalue weighted by molar-refractivity contribution is 6.20. The molecule has 0 aromatic carbocycles. The van der Waals surface area contributed by atoms with Gasteiger partial charge >= 0.3 is 0 Å². The Morgan fingerprint density at radius 2 is 2.00 bits per heavy atom. The van der Waals surface area contributed by atoms with Crippen LogP contribution in [0.15, 0.2) is 0 Å². The van der Waals surface area contributed by atoms with Gasteiger partial charge in [0.25, 0.3) is 0 Å². The summed E-state index contributed by atoms with van der Waals surface area (Å²) in [6, 6.07) is 0. The zero-order chi connectivity index (χ0) is 11.8. The van der Waals surface area contributed by atoms with Crippen LogP contribution in [-0.4, -0.2) is 19.1 Å². The molecule has 0 heterocycles. The number of hydrogen-bond donors (Lipinski definition) is 0. The van der Waals surface area contributed by atoms with E-state index in [4.69, 9.17) is 16.3 Å². The van der Waals surface area contributed by atoms with E-state index in [0.29, 0.717) is 5.38 Å². The van der Waals surface area contributed by atoms with Crippen LogP contribution in [0.2, 0.25) is 0 Å². The molecule has 1 nitrogen and oxygen atoms in total. The highest BCUT2D eigenvalue weighted by Gasteiger charge is 2.28. The van der Waals surface area contributed by atoms with Gasteiger partial charge in [0.15, 0.2) is 0 Å². The van der Waals surface area contributed by atoms with Crippen molar-refractivity contribution >= 4 is 11.6 Å². The van der Waals surface area contributed by atoms with Crippen molar-refractivity contribution in [2.75, 3.05) is 13.7 Å². The molecular formula is C14H27ClO. The fourth-order valence-corrected chi connectivity index (χ4v) is 3.30. The van der Waals surface area contributed by atoms with Crippen LogP contribution in [0.5, 0.6) is 0 Å². The second-order valence-corrected chi connectivity index (χ2v) is 5.79. The smallest absolute Gasteiger partial charge is 0.0462 e. The van der Waals surface area contributed by atoms with E-state index in [2.05, 4.69) is 6.92 Å². The van der Waals surface area contributed by atoms with Gasteiger partial charge in [-0.2, -0.15) is 0 Å². The second-order valence-electron chi connectivity index (χ2n) is 5.23. The number of ether oxygens (including phenoxy) is 1. The second kappa shape index (κ2) is 8.36. The molecule has 0 bridgehead atoms. The Labute approximate surface area is 106 Å². The minimum absolute atomic E-state index is 0.440. The summed E-state index contributed by atoms with van der Waals surface area (Å²) >= 11 is 6.43. The number of methoxy groups -OCH3 is 1. The molecular weight excluding hydrogens is 220 g/mol. The van der Waals surface area contributed by atoms with Crippen molar-refractivity contribution in [3.63, 3.8) is 0 Å². The van der Waals surface area contributed by atoms with Gasteiger partial charge in [0.1, 0.15) is 0 Å². The van der Waals surface area contributed by atoms with Gasteiger partial charge < -0.3 is 4.74 Å². The van der Waals surface area contributed by atoms with Gasteiger partial charge in [0.2, 0.25) is 0 Å². The molecule has 16 heavy (non-hydrogen) atoms. The zero-order valence-electron chi connectivity index (χ0n) is 10.9. The topological polar surface area (TPSA) is 9.23 Å². The van der Waals surface area contributed by atoms with Gasteiger partial charge in [-0.25, -0.2) is 0 Å². The van der Waals surface area contributed by atoms with Gasteiger partial charge in [0.05, 0.1) is 0 Å². The number of rotatable bonds is 7. The van der Waals surface area contributed by atoms with E-state index in [9.17, 15) is 0 Å². The minimum Gasteiger partial charge on any atom is -0.385 e. The molecule has 0 N–H and O–H groups in total. The first-order valence-corrected chi connectivity index (χ1v) is 7.34. The van der Waals surface area contributed by atoms with Crippen molar-refractivity contribution in [3.8, 4) is 0 Å². The third-order valence-corrected chi connectivity index (χ3v) is 4.44. The molecule has 0 amide bonds. The van der Waals surface area contributed by atoms with Crippen molar-refractivity contribution in [2.24, 2.45) is 11.8 Å². The highest BCUT2D eigenvalue weighted by Crippen LogP contribution is 2.37. The van der Waals surface area contributed by atoms with Crippen LogP contribution in [0.25, 0.3) is 0 Å². The summed E-state index contributed by atoms with van der Waals surface area (Å²) in [5.74, 6) is 1.72. The molecule has 1 saturated carbocycles. The van der Waals surface area contributed by atoms with Gasteiger partial charge in [-0.05, 0) is 43.9 Å². The lowest BCUT2D eigenvalue weighted by Gasteiger charge is -2.33. The van der Waals surface area contributed by atoms with Gasteiger partial charge in [-0.1, -0.05) is 26.2 Å². The third kappa shape index (κ3) is 5.05. The van der Waals surface area contributed by atoms with Crippen LogP contribution >= 0.6 is 11.6 Å². The third-order valence-electron chi connectivity index (χ3n) is 3.87. The Morgan fingerprint density at radius 3 is 2.69 bits per heavy atom. The van der Waals surface area contributed by atoms with E-state index in [1.807, 2.05) is 0 Å². The summed E-state index contributed by atoms with van der Waals surface area (Å²) < 4.78 is 5.08. The summed E-state index contributed by atoms with van der Waals surface area (Å²) in [5.41, 5.74) is 0. The Hall–Kier alpha value is 0.250. The average Bonchev–Trinajstić information content (AvgIpc) is 2.29. The molecule has 1 rings (SSSR count). The molecule has 1 fully saturated rings. The molecule has 3 atom stereocenters. The molecule has 1 aliphatic rings. The molecule has 0 aromatic rings. The first kappa shape index (κ1) is 14.3. The lowest BCUT2D eigenvalue weighted by Crippen LogP contribution is -2.25. The van der Waals surface area contributed by atoms with Crippen LogP contribution in [0.4, 0.5) is 0 Å². The first-order chi connectivity index (χ1) is 7.77. The fourth-order valence-electron chi connectivity index (χ4n) is 2.95. The number of alkyl halides is 1. The average molecular weight is 247 g/mol. The van der Waals surface area contributed by atoms with E-state index in [0.717, 1.165) is 18.4 Å². The SMILES string of the molecule is CCCC1CCC(Cl)C(CCCCOC)C1. The maximum Gasteiger partial charge on any atom is 0.0462 e. The van der Waals surface area contributed by atoms with E-state index >= 15 is 0 Å². The Balaban J connectivity index is 2.21. The van der Waals surface area contributed by atoms with Crippen LogP contribution < -0.4 is 0 Å². The summed E-state index contributed by atoms with van der Waals surface area (Å²) in [7, 11) is 1.78. The first-order valence-electron chi connectivity index (χ1n) is 6.91. The summed E-state index contributed by atoms with van der Waals surface area (Å²) in [4.78, 5) is 0. The van der Waals surface area contributed by atoms with Crippen LogP contribution in [0.3, 0.4) is 0 Å². The normalized spacial score (nSPS) is 30.6. The predicted octanol–water partition coefficient (Wildman–Crippen LogP) is 4.63. The van der Waals surface area contributed by atoms with E-state index in [-0.39, 0.29) is 0 Å². The summed E-state index contributed by atoms with van der Waals surface area (Å²) in [6.45, 7) is 3.19. The maximum atomic E-state index is 6.43. The Kier molecular flexibility index (Phi) is 7.47. The number of hydrogen-bond acceptors (Lipinski definition) is 1. The zero-order valence-corrected chi connectivity index (χ0v) is 11.6.